The summed E-state index contributed by atoms with van der Waals surface area (Å²) in [7, 11) is 2.25. The number of hydrogen-bond acceptors (Lipinski definition) is 3. The molecule has 3 nitrogen and oxygen atoms in total. The summed E-state index contributed by atoms with van der Waals surface area (Å²) in [5.74, 6) is 0. The molecule has 0 aliphatic heterocycles. The van der Waals surface area contributed by atoms with Gasteiger partial charge in [0.05, 0.1) is 0 Å². The maximum Gasteiger partial charge on any atom is 4.00 e. The van der Waals surface area contributed by atoms with Gasteiger partial charge < -0.3 is 15.3 Å². The molecule has 0 unspecified atom stereocenters. The summed E-state index contributed by atoms with van der Waals surface area (Å²) in [5, 5.41) is 27.4. The molecule has 2 rings (SSSR count). The van der Waals surface area contributed by atoms with E-state index in [0.29, 0.717) is 0 Å². The zero-order valence-corrected chi connectivity index (χ0v) is 12.2. The molecule has 0 heterocycles. The van der Waals surface area contributed by atoms with Crippen molar-refractivity contribution >= 4 is 10.8 Å². The Bertz CT molecular complexity index is 290. The van der Waals surface area contributed by atoms with Crippen LogP contribution >= 0.6 is 0 Å². The molecule has 0 radical (unpaired) electrons. The monoisotopic (exact) mass is 298 g/mol. The average molecular weight is 299 g/mol. The summed E-state index contributed by atoms with van der Waals surface area (Å²) in [6.07, 6.45) is 0. The van der Waals surface area contributed by atoms with Crippen molar-refractivity contribution in [3.8, 4) is 0 Å². The van der Waals surface area contributed by atoms with Crippen molar-refractivity contribution in [2.24, 2.45) is 0 Å². The molecule has 0 aromatic heterocycles. The van der Waals surface area contributed by atoms with Gasteiger partial charge in [0.15, 0.2) is 0 Å². The Labute approximate surface area is 116 Å². The molecule has 2 aromatic rings. The van der Waals surface area contributed by atoms with E-state index in [1.165, 1.54) is 10.8 Å². The van der Waals surface area contributed by atoms with Crippen LogP contribution in [0.2, 0.25) is 0 Å². The second kappa shape index (κ2) is 17.0. The van der Waals surface area contributed by atoms with Crippen LogP contribution in [0.25, 0.3) is 10.8 Å². The van der Waals surface area contributed by atoms with Crippen LogP contribution in [0.3, 0.4) is 0 Å². The molecule has 0 aliphatic carbocycles. The first-order valence-electron chi connectivity index (χ1n) is 4.30. The molecule has 0 N–H and O–H groups in total. The van der Waals surface area contributed by atoms with Crippen molar-refractivity contribution in [2.45, 2.75) is 0 Å². The first-order chi connectivity index (χ1) is 7.47. The molecule has 86 valence electrons. The van der Waals surface area contributed by atoms with Crippen molar-refractivity contribution in [1.29, 1.82) is 0 Å². The van der Waals surface area contributed by atoms with Gasteiger partial charge in [0.1, 0.15) is 0 Å². The second-order valence-corrected chi connectivity index (χ2v) is 2.15. The molecule has 2 aromatic carbocycles. The maximum atomic E-state index is 8.25. The van der Waals surface area contributed by atoms with Gasteiger partial charge in [0, 0.05) is 0 Å². The van der Waals surface area contributed by atoms with Crippen LogP contribution in [0.1, 0.15) is 0 Å². The smallest absolute Gasteiger partial charge is 0.857 e. The Balaban J connectivity index is -0.000000214. The van der Waals surface area contributed by atoms with E-state index in [9.17, 15) is 0 Å². The van der Waals surface area contributed by atoms with Gasteiger partial charge in [-0.3, -0.25) is 0 Å². The molecule has 16 heavy (non-hydrogen) atoms. The van der Waals surface area contributed by atoms with Crippen LogP contribution in [0.4, 0.5) is 0 Å². The van der Waals surface area contributed by atoms with E-state index < -0.39 is 0 Å². The Morgan fingerprint density at radius 3 is 1.81 bits per heavy atom. The third-order valence-electron chi connectivity index (χ3n) is 1.55. The molecule has 0 amide bonds. The minimum atomic E-state index is 0. The van der Waals surface area contributed by atoms with E-state index in [1.807, 2.05) is 0 Å². The Morgan fingerprint density at radius 2 is 1.31 bits per heavy atom. The SMILES string of the molecule is C[O-].C[O-].C[O-].[Zr+4].c1ccc2[cH-]ccc2c1. The molecule has 4 heteroatoms. The molecule has 0 aliphatic rings. The average Bonchev–Trinajstić information content (AvgIpc) is 2.85. The molecule has 0 atom stereocenters. The molecule has 0 bridgehead atoms. The maximum absolute atomic E-state index is 8.25. The topological polar surface area (TPSA) is 69.2 Å². The summed E-state index contributed by atoms with van der Waals surface area (Å²) < 4.78 is 0. The quantitative estimate of drug-likeness (QED) is 0.615. The number of hydrogen-bond donors (Lipinski definition) is 0. The molecular formula is C12H16O3Zr. The van der Waals surface area contributed by atoms with E-state index in [1.54, 1.807) is 0 Å². The fourth-order valence-electron chi connectivity index (χ4n) is 1.07. The normalized spacial score (nSPS) is 6.88. The van der Waals surface area contributed by atoms with E-state index in [-0.39, 0.29) is 26.2 Å². The summed E-state index contributed by atoms with van der Waals surface area (Å²) in [4.78, 5) is 0. The van der Waals surface area contributed by atoms with Crippen LogP contribution in [-0.2, 0) is 26.2 Å². The first-order valence-corrected chi connectivity index (χ1v) is 4.30. The van der Waals surface area contributed by atoms with Crippen LogP contribution < -0.4 is 15.3 Å². The zero-order chi connectivity index (χ0) is 12.1. The fraction of sp³-hybridized carbons (Fsp3) is 0.250. The summed E-state index contributed by atoms with van der Waals surface area (Å²) in [5.41, 5.74) is 0. The van der Waals surface area contributed by atoms with E-state index in [2.05, 4.69) is 42.5 Å². The first kappa shape index (κ1) is 20.9. The van der Waals surface area contributed by atoms with Crippen molar-refractivity contribution in [2.75, 3.05) is 21.3 Å². The van der Waals surface area contributed by atoms with Crippen LogP contribution in [0.15, 0.2) is 42.5 Å². The van der Waals surface area contributed by atoms with E-state index >= 15 is 0 Å². The summed E-state index contributed by atoms with van der Waals surface area (Å²) in [6, 6.07) is 14.7. The Hall–Kier alpha value is -0.407. The van der Waals surface area contributed by atoms with Crippen molar-refractivity contribution in [3.05, 3.63) is 42.5 Å². The largest absolute Gasteiger partial charge is 4.00 e. The molecule has 0 fully saturated rings. The van der Waals surface area contributed by atoms with E-state index in [4.69, 9.17) is 15.3 Å². The minimum Gasteiger partial charge on any atom is -0.857 e. The van der Waals surface area contributed by atoms with Crippen molar-refractivity contribution in [3.63, 3.8) is 0 Å². The third-order valence-corrected chi connectivity index (χ3v) is 1.55. The van der Waals surface area contributed by atoms with Crippen LogP contribution in [-0.4, -0.2) is 21.3 Å². The Morgan fingerprint density at radius 1 is 0.812 bits per heavy atom. The minimum absolute atomic E-state index is 0. The zero-order valence-electron chi connectivity index (χ0n) is 9.77. The van der Waals surface area contributed by atoms with E-state index in [0.717, 1.165) is 21.3 Å². The predicted molar refractivity (Wildman–Crippen MR) is 57.3 cm³/mol. The molecule has 0 spiro atoms. The Kier molecular flexibility index (Phi) is 22.3. The molecule has 0 saturated heterocycles. The predicted octanol–water partition coefficient (Wildman–Crippen LogP) is -0.514. The number of benzene rings is 1. The van der Waals surface area contributed by atoms with Gasteiger partial charge in [-0.25, -0.2) is 0 Å². The molecular weight excluding hydrogens is 283 g/mol. The fourth-order valence-corrected chi connectivity index (χ4v) is 1.07. The van der Waals surface area contributed by atoms with Gasteiger partial charge in [-0.05, 0) is 0 Å². The van der Waals surface area contributed by atoms with Gasteiger partial charge in [0.25, 0.3) is 0 Å². The van der Waals surface area contributed by atoms with Gasteiger partial charge in [-0.1, -0.05) is 6.07 Å². The van der Waals surface area contributed by atoms with Gasteiger partial charge >= 0.3 is 26.2 Å². The van der Waals surface area contributed by atoms with Gasteiger partial charge in [-0.15, -0.1) is 29.7 Å². The van der Waals surface area contributed by atoms with Crippen LogP contribution in [0.5, 0.6) is 0 Å². The standard InChI is InChI=1S/C9H7.3CH3O.Zr/c1-2-5-9-7-3-6-8(9)4-1;3*1-2;/h1-7H;3*1H3;/q4*-1;+4. The summed E-state index contributed by atoms with van der Waals surface area (Å²) >= 11 is 0. The number of rotatable bonds is 0. The van der Waals surface area contributed by atoms with Gasteiger partial charge in [0.2, 0.25) is 0 Å². The van der Waals surface area contributed by atoms with Gasteiger partial charge in [-0.2, -0.15) is 38.8 Å². The number of fused-ring (bicyclic) bond motifs is 1. The molecule has 0 saturated carbocycles. The van der Waals surface area contributed by atoms with Crippen molar-refractivity contribution in [1.82, 2.24) is 0 Å². The third kappa shape index (κ3) is 7.83. The van der Waals surface area contributed by atoms with Crippen LogP contribution in [0, 0.1) is 0 Å². The van der Waals surface area contributed by atoms with Crippen molar-refractivity contribution < 1.29 is 41.5 Å². The second-order valence-electron chi connectivity index (χ2n) is 2.15. The summed E-state index contributed by atoms with van der Waals surface area (Å²) in [6.45, 7) is 0.